The van der Waals surface area contributed by atoms with Crippen molar-refractivity contribution in [1.82, 2.24) is 4.90 Å². The van der Waals surface area contributed by atoms with Crippen molar-refractivity contribution in [3.63, 3.8) is 0 Å². The van der Waals surface area contributed by atoms with Gasteiger partial charge in [-0.25, -0.2) is 8.78 Å². The molecular weight excluding hydrogens is 252 g/mol. The third-order valence-electron chi connectivity index (χ3n) is 3.82. The lowest BCUT2D eigenvalue weighted by Crippen LogP contribution is -2.57. The van der Waals surface area contributed by atoms with Gasteiger partial charge in [-0.3, -0.25) is 4.79 Å². The zero-order valence-electron chi connectivity index (χ0n) is 10.4. The summed E-state index contributed by atoms with van der Waals surface area (Å²) in [5, 5.41) is 0. The van der Waals surface area contributed by atoms with Crippen LogP contribution in [0.3, 0.4) is 0 Å². The van der Waals surface area contributed by atoms with Crippen molar-refractivity contribution in [1.29, 1.82) is 0 Å². The molecule has 1 saturated carbocycles. The third-order valence-corrected chi connectivity index (χ3v) is 3.82. The fourth-order valence-electron chi connectivity index (χ4n) is 2.90. The number of carbonyl (C=O) groups is 1. The second-order valence-corrected chi connectivity index (χ2v) is 5.10. The summed E-state index contributed by atoms with van der Waals surface area (Å²) in [5.41, 5.74) is 0.860. The second-order valence-electron chi connectivity index (χ2n) is 5.10. The molecule has 5 heteroatoms. The number of benzene rings is 1. The molecule has 1 aromatic rings. The number of nitrogens with zero attached hydrogens (tertiary/aromatic N) is 1. The summed E-state index contributed by atoms with van der Waals surface area (Å²) in [4.78, 5) is 13.2. The first kappa shape index (κ1) is 12.5. The van der Waals surface area contributed by atoms with Gasteiger partial charge in [-0.2, -0.15) is 0 Å². The highest BCUT2D eigenvalue weighted by atomic mass is 19.3. The summed E-state index contributed by atoms with van der Waals surface area (Å²) in [5.74, 6) is -3.21. The molecular formula is C14H15F2NO2. The number of ether oxygens (including phenoxy) is 1. The van der Waals surface area contributed by atoms with Crippen molar-refractivity contribution in [3.05, 3.63) is 35.9 Å². The maximum absolute atomic E-state index is 13.9. The van der Waals surface area contributed by atoms with Crippen LogP contribution < -0.4 is 0 Å². The Labute approximate surface area is 110 Å². The normalized spacial score (nSPS) is 29.4. The van der Waals surface area contributed by atoms with Gasteiger partial charge in [0.1, 0.15) is 12.6 Å². The SMILES string of the molecule is O=C1CO[C@H]2CCC(F)(F)[C@@H]2N1Cc1ccccc1. The molecule has 1 aromatic carbocycles. The summed E-state index contributed by atoms with van der Waals surface area (Å²) >= 11 is 0. The number of halogens is 2. The highest BCUT2D eigenvalue weighted by Crippen LogP contribution is 2.42. The number of fused-ring (bicyclic) bond motifs is 1. The topological polar surface area (TPSA) is 29.5 Å². The van der Waals surface area contributed by atoms with Crippen molar-refractivity contribution in [3.8, 4) is 0 Å². The lowest BCUT2D eigenvalue weighted by molar-refractivity contribution is -0.173. The van der Waals surface area contributed by atoms with Gasteiger partial charge in [0.05, 0.1) is 6.10 Å². The Morgan fingerprint density at radius 3 is 2.79 bits per heavy atom. The Morgan fingerprint density at radius 1 is 1.32 bits per heavy atom. The minimum Gasteiger partial charge on any atom is -0.366 e. The Kier molecular flexibility index (Phi) is 3.01. The van der Waals surface area contributed by atoms with Crippen LogP contribution in [0.1, 0.15) is 18.4 Å². The Morgan fingerprint density at radius 2 is 2.05 bits per heavy atom. The van der Waals surface area contributed by atoms with Gasteiger partial charge in [0.15, 0.2) is 0 Å². The van der Waals surface area contributed by atoms with Crippen molar-refractivity contribution >= 4 is 5.91 Å². The van der Waals surface area contributed by atoms with Crippen LogP contribution in [0.4, 0.5) is 8.78 Å². The van der Waals surface area contributed by atoms with Crippen LogP contribution in [0.5, 0.6) is 0 Å². The van der Waals surface area contributed by atoms with Crippen molar-refractivity contribution in [2.75, 3.05) is 6.61 Å². The van der Waals surface area contributed by atoms with E-state index < -0.39 is 18.1 Å². The highest BCUT2D eigenvalue weighted by Gasteiger charge is 2.56. The molecule has 2 atom stereocenters. The fourth-order valence-corrected chi connectivity index (χ4v) is 2.90. The number of carbonyl (C=O) groups excluding carboxylic acids is 1. The van der Waals surface area contributed by atoms with Crippen LogP contribution in [0, 0.1) is 0 Å². The third kappa shape index (κ3) is 2.23. The summed E-state index contributed by atoms with van der Waals surface area (Å²) in [6, 6.07) is 8.09. The standard InChI is InChI=1S/C14H15F2NO2/c15-14(16)7-6-11-13(14)17(12(18)9-19-11)8-10-4-2-1-3-5-10/h1-5,11,13H,6-9H2/t11-,13+/m0/s1. The highest BCUT2D eigenvalue weighted by molar-refractivity contribution is 5.79. The van der Waals surface area contributed by atoms with Gasteiger partial charge < -0.3 is 9.64 Å². The average Bonchev–Trinajstić information content (AvgIpc) is 2.70. The van der Waals surface area contributed by atoms with Gasteiger partial charge in [-0.05, 0) is 12.0 Å². The van der Waals surface area contributed by atoms with E-state index >= 15 is 0 Å². The summed E-state index contributed by atoms with van der Waals surface area (Å²) < 4.78 is 33.1. The average molecular weight is 267 g/mol. The molecule has 1 aliphatic heterocycles. The van der Waals surface area contributed by atoms with E-state index in [-0.39, 0.29) is 25.5 Å². The predicted octanol–water partition coefficient (Wildman–Crippen LogP) is 2.21. The number of hydrogen-bond acceptors (Lipinski definition) is 2. The molecule has 0 bridgehead atoms. The van der Waals surface area contributed by atoms with Gasteiger partial charge in [0.25, 0.3) is 5.92 Å². The van der Waals surface area contributed by atoms with Crippen LogP contribution in [-0.2, 0) is 16.1 Å². The first-order valence-electron chi connectivity index (χ1n) is 6.41. The number of amides is 1. The first-order valence-corrected chi connectivity index (χ1v) is 6.41. The number of hydrogen-bond donors (Lipinski definition) is 0. The molecule has 0 N–H and O–H groups in total. The lowest BCUT2D eigenvalue weighted by Gasteiger charge is -2.39. The van der Waals surface area contributed by atoms with E-state index in [9.17, 15) is 13.6 Å². The van der Waals surface area contributed by atoms with E-state index in [1.165, 1.54) is 4.90 Å². The molecule has 0 unspecified atom stereocenters. The molecule has 102 valence electrons. The maximum Gasteiger partial charge on any atom is 0.270 e. The molecule has 1 aliphatic carbocycles. The van der Waals surface area contributed by atoms with E-state index in [1.54, 1.807) is 0 Å². The minimum absolute atomic E-state index is 0.0932. The molecule has 3 rings (SSSR count). The van der Waals surface area contributed by atoms with Gasteiger partial charge in [-0.1, -0.05) is 30.3 Å². The van der Waals surface area contributed by atoms with E-state index in [0.717, 1.165) is 5.56 Å². The van der Waals surface area contributed by atoms with Crippen molar-refractivity contribution in [2.24, 2.45) is 0 Å². The molecule has 1 saturated heterocycles. The van der Waals surface area contributed by atoms with Gasteiger partial charge in [0.2, 0.25) is 5.91 Å². The quantitative estimate of drug-likeness (QED) is 0.822. The molecule has 2 fully saturated rings. The zero-order chi connectivity index (χ0) is 13.5. The van der Waals surface area contributed by atoms with E-state index in [1.807, 2.05) is 30.3 Å². The number of morpholine rings is 1. The molecule has 0 spiro atoms. The molecule has 19 heavy (non-hydrogen) atoms. The smallest absolute Gasteiger partial charge is 0.270 e. The summed E-state index contributed by atoms with van der Waals surface area (Å²) in [6.07, 6.45) is -0.423. The largest absolute Gasteiger partial charge is 0.366 e. The Hall–Kier alpha value is -1.49. The fraction of sp³-hybridized carbons (Fsp3) is 0.500. The van der Waals surface area contributed by atoms with Gasteiger partial charge in [0, 0.05) is 13.0 Å². The second kappa shape index (κ2) is 4.56. The molecule has 2 aliphatic rings. The number of rotatable bonds is 2. The van der Waals surface area contributed by atoms with Crippen LogP contribution in [0.2, 0.25) is 0 Å². The predicted molar refractivity (Wildman–Crippen MR) is 64.7 cm³/mol. The van der Waals surface area contributed by atoms with Crippen LogP contribution in [-0.4, -0.2) is 35.5 Å². The molecule has 1 heterocycles. The molecule has 0 radical (unpaired) electrons. The summed E-state index contributed by atoms with van der Waals surface area (Å²) in [6.45, 7) is 0.129. The van der Waals surface area contributed by atoms with Crippen molar-refractivity contribution in [2.45, 2.75) is 37.5 Å². The van der Waals surface area contributed by atoms with Gasteiger partial charge in [-0.15, -0.1) is 0 Å². The summed E-state index contributed by atoms with van der Waals surface area (Å²) in [7, 11) is 0. The van der Waals surface area contributed by atoms with E-state index in [4.69, 9.17) is 4.74 Å². The van der Waals surface area contributed by atoms with E-state index in [2.05, 4.69) is 0 Å². The van der Waals surface area contributed by atoms with E-state index in [0.29, 0.717) is 6.42 Å². The van der Waals surface area contributed by atoms with Gasteiger partial charge >= 0.3 is 0 Å². The van der Waals surface area contributed by atoms with Crippen LogP contribution in [0.15, 0.2) is 30.3 Å². The molecule has 1 amide bonds. The van der Waals surface area contributed by atoms with Crippen molar-refractivity contribution < 1.29 is 18.3 Å². The van der Waals surface area contributed by atoms with Crippen LogP contribution in [0.25, 0.3) is 0 Å². The first-order chi connectivity index (χ1) is 9.08. The monoisotopic (exact) mass is 267 g/mol. The van der Waals surface area contributed by atoms with Crippen LogP contribution >= 0.6 is 0 Å². The maximum atomic E-state index is 13.9. The zero-order valence-corrected chi connectivity index (χ0v) is 10.4. The Bertz CT molecular complexity index is 478. The molecule has 0 aromatic heterocycles. The molecule has 3 nitrogen and oxygen atoms in total. The lowest BCUT2D eigenvalue weighted by atomic mass is 10.1. The Balaban J connectivity index is 1.86. The minimum atomic E-state index is -2.85. The number of alkyl halides is 2.